The largest absolute Gasteiger partial charge is 0.368 e. The van der Waals surface area contributed by atoms with Gasteiger partial charge in [-0.3, -0.25) is 9.69 Å². The minimum absolute atomic E-state index is 0.128. The Morgan fingerprint density at radius 1 is 1.67 bits per heavy atom. The molecular weight excluding hydrogens is 190 g/mol. The number of hydrogen-bond donors (Lipinski definition) is 2. The van der Waals surface area contributed by atoms with Crippen LogP contribution >= 0.6 is 0 Å². The number of nitrogens with zero attached hydrogens (tertiary/aromatic N) is 1. The lowest BCUT2D eigenvalue weighted by Crippen LogP contribution is -2.53. The Balaban J connectivity index is 2.56. The molecule has 3 N–H and O–H groups in total. The monoisotopic (exact) mass is 213 g/mol. The number of primary amides is 1. The summed E-state index contributed by atoms with van der Waals surface area (Å²) in [5.74, 6) is 0.415. The topological polar surface area (TPSA) is 58.4 Å². The fourth-order valence-corrected chi connectivity index (χ4v) is 2.39. The third-order valence-corrected chi connectivity index (χ3v) is 3.62. The lowest BCUT2D eigenvalue weighted by atomic mass is 9.89. The average Bonchev–Trinajstić information content (AvgIpc) is 2.26. The standard InChI is InChI=1S/C11H23N3O/c1-4-9-7-14(8(2)11(12)15)6-5-10(9)13-3/h8-10,13H,4-7H2,1-3H3,(H2,12,15). The first kappa shape index (κ1) is 12.5. The van der Waals surface area contributed by atoms with E-state index in [2.05, 4.69) is 17.1 Å². The molecule has 4 heteroatoms. The van der Waals surface area contributed by atoms with Crippen LogP contribution in [0.2, 0.25) is 0 Å². The van der Waals surface area contributed by atoms with E-state index in [9.17, 15) is 4.79 Å². The van der Waals surface area contributed by atoms with Crippen molar-refractivity contribution in [1.29, 1.82) is 0 Å². The Labute approximate surface area is 92.2 Å². The first-order valence-electron chi connectivity index (χ1n) is 5.80. The normalized spacial score (nSPS) is 30.1. The highest BCUT2D eigenvalue weighted by atomic mass is 16.1. The van der Waals surface area contributed by atoms with Crippen LogP contribution in [0, 0.1) is 5.92 Å². The second-order valence-electron chi connectivity index (χ2n) is 4.43. The van der Waals surface area contributed by atoms with Crippen LogP contribution < -0.4 is 11.1 Å². The van der Waals surface area contributed by atoms with Crippen molar-refractivity contribution in [1.82, 2.24) is 10.2 Å². The summed E-state index contributed by atoms with van der Waals surface area (Å²) in [5.41, 5.74) is 5.32. The number of piperidine rings is 1. The third kappa shape index (κ3) is 2.92. The minimum Gasteiger partial charge on any atom is -0.368 e. The summed E-state index contributed by atoms with van der Waals surface area (Å²) in [7, 11) is 2.01. The zero-order valence-corrected chi connectivity index (χ0v) is 9.99. The van der Waals surface area contributed by atoms with E-state index in [1.165, 1.54) is 0 Å². The van der Waals surface area contributed by atoms with Gasteiger partial charge < -0.3 is 11.1 Å². The highest BCUT2D eigenvalue weighted by Crippen LogP contribution is 2.21. The van der Waals surface area contributed by atoms with Crippen LogP contribution in [0.3, 0.4) is 0 Å². The molecule has 0 spiro atoms. The number of nitrogens with two attached hydrogens (primary N) is 1. The molecule has 1 fully saturated rings. The van der Waals surface area contributed by atoms with Gasteiger partial charge in [-0.05, 0) is 26.3 Å². The van der Waals surface area contributed by atoms with E-state index in [4.69, 9.17) is 5.73 Å². The molecule has 0 bridgehead atoms. The summed E-state index contributed by atoms with van der Waals surface area (Å²) in [6, 6.07) is 0.461. The second-order valence-corrected chi connectivity index (χ2v) is 4.43. The molecule has 1 heterocycles. The fraction of sp³-hybridized carbons (Fsp3) is 0.909. The maximum absolute atomic E-state index is 11.1. The predicted molar refractivity (Wildman–Crippen MR) is 61.5 cm³/mol. The molecule has 0 aliphatic carbocycles. The first-order chi connectivity index (χ1) is 7.10. The summed E-state index contributed by atoms with van der Waals surface area (Å²) in [5, 5.41) is 3.35. The Morgan fingerprint density at radius 2 is 2.33 bits per heavy atom. The van der Waals surface area contributed by atoms with Crippen molar-refractivity contribution >= 4 is 5.91 Å². The summed E-state index contributed by atoms with van der Waals surface area (Å²) in [6.45, 7) is 6.04. The molecular formula is C11H23N3O. The van der Waals surface area contributed by atoms with Gasteiger partial charge in [-0.25, -0.2) is 0 Å². The van der Waals surface area contributed by atoms with Crippen LogP contribution in [0.25, 0.3) is 0 Å². The smallest absolute Gasteiger partial charge is 0.234 e. The number of rotatable bonds is 4. The molecule has 0 aromatic carbocycles. The molecule has 0 aromatic rings. The number of carbonyl (C=O) groups excluding carboxylic acids is 1. The molecule has 1 rings (SSSR count). The molecule has 4 nitrogen and oxygen atoms in total. The number of likely N-dealkylation sites (tertiary alicyclic amines) is 1. The van der Waals surface area contributed by atoms with E-state index >= 15 is 0 Å². The molecule has 15 heavy (non-hydrogen) atoms. The van der Waals surface area contributed by atoms with Crippen molar-refractivity contribution in [2.24, 2.45) is 11.7 Å². The Bertz CT molecular complexity index is 220. The van der Waals surface area contributed by atoms with Crippen LogP contribution in [0.1, 0.15) is 26.7 Å². The maximum atomic E-state index is 11.1. The van der Waals surface area contributed by atoms with Crippen LogP contribution in [0.5, 0.6) is 0 Å². The van der Waals surface area contributed by atoms with Crippen LogP contribution in [-0.2, 0) is 4.79 Å². The van der Waals surface area contributed by atoms with Crippen molar-refractivity contribution in [2.45, 2.75) is 38.8 Å². The predicted octanol–water partition coefficient (Wildman–Crippen LogP) is 0.180. The van der Waals surface area contributed by atoms with Gasteiger partial charge in [0.05, 0.1) is 6.04 Å². The van der Waals surface area contributed by atoms with Gasteiger partial charge >= 0.3 is 0 Å². The molecule has 0 saturated carbocycles. The molecule has 0 radical (unpaired) electrons. The second kappa shape index (κ2) is 5.47. The van der Waals surface area contributed by atoms with Crippen LogP contribution in [0.4, 0.5) is 0 Å². The Morgan fingerprint density at radius 3 is 2.80 bits per heavy atom. The number of nitrogens with one attached hydrogen (secondary N) is 1. The van der Waals surface area contributed by atoms with Gasteiger partial charge in [-0.1, -0.05) is 13.3 Å². The van der Waals surface area contributed by atoms with Gasteiger partial charge in [0.2, 0.25) is 5.91 Å². The van der Waals surface area contributed by atoms with Gasteiger partial charge in [0, 0.05) is 19.1 Å². The van der Waals surface area contributed by atoms with Crippen molar-refractivity contribution in [3.05, 3.63) is 0 Å². The van der Waals surface area contributed by atoms with Gasteiger partial charge in [0.25, 0.3) is 0 Å². The summed E-state index contributed by atoms with van der Waals surface area (Å²) >= 11 is 0. The van der Waals surface area contributed by atoms with Crippen molar-refractivity contribution < 1.29 is 4.79 Å². The van der Waals surface area contributed by atoms with Gasteiger partial charge in [0.1, 0.15) is 0 Å². The average molecular weight is 213 g/mol. The molecule has 1 aliphatic heterocycles. The van der Waals surface area contributed by atoms with E-state index in [-0.39, 0.29) is 11.9 Å². The molecule has 88 valence electrons. The minimum atomic E-state index is -0.215. The summed E-state index contributed by atoms with van der Waals surface area (Å²) < 4.78 is 0. The van der Waals surface area contributed by atoms with Crippen LogP contribution in [0.15, 0.2) is 0 Å². The molecule has 0 aromatic heterocycles. The van der Waals surface area contributed by atoms with E-state index in [1.54, 1.807) is 0 Å². The number of amides is 1. The quantitative estimate of drug-likeness (QED) is 0.700. The van der Waals surface area contributed by atoms with Crippen LogP contribution in [-0.4, -0.2) is 43.0 Å². The SMILES string of the molecule is CCC1CN(C(C)C(N)=O)CCC1NC. The zero-order valence-electron chi connectivity index (χ0n) is 9.99. The lowest BCUT2D eigenvalue weighted by Gasteiger charge is -2.40. The highest BCUT2D eigenvalue weighted by Gasteiger charge is 2.30. The van der Waals surface area contributed by atoms with Crippen molar-refractivity contribution in [2.75, 3.05) is 20.1 Å². The summed E-state index contributed by atoms with van der Waals surface area (Å²) in [6.07, 6.45) is 2.25. The van der Waals surface area contributed by atoms with E-state index in [0.29, 0.717) is 12.0 Å². The summed E-state index contributed by atoms with van der Waals surface area (Å²) in [4.78, 5) is 13.3. The van der Waals surface area contributed by atoms with E-state index in [1.807, 2.05) is 14.0 Å². The van der Waals surface area contributed by atoms with E-state index < -0.39 is 0 Å². The Hall–Kier alpha value is -0.610. The fourth-order valence-electron chi connectivity index (χ4n) is 2.39. The zero-order chi connectivity index (χ0) is 11.4. The number of hydrogen-bond acceptors (Lipinski definition) is 3. The maximum Gasteiger partial charge on any atom is 0.234 e. The molecule has 3 atom stereocenters. The van der Waals surface area contributed by atoms with E-state index in [0.717, 1.165) is 25.9 Å². The molecule has 1 aliphatic rings. The lowest BCUT2D eigenvalue weighted by molar-refractivity contribution is -0.123. The number of carbonyl (C=O) groups is 1. The van der Waals surface area contributed by atoms with Crippen molar-refractivity contribution in [3.63, 3.8) is 0 Å². The third-order valence-electron chi connectivity index (χ3n) is 3.62. The molecule has 1 amide bonds. The van der Waals surface area contributed by atoms with Crippen molar-refractivity contribution in [3.8, 4) is 0 Å². The molecule has 3 unspecified atom stereocenters. The molecule has 1 saturated heterocycles. The van der Waals surface area contributed by atoms with Gasteiger partial charge in [-0.15, -0.1) is 0 Å². The highest BCUT2D eigenvalue weighted by molar-refractivity contribution is 5.79. The first-order valence-corrected chi connectivity index (χ1v) is 5.80. The van der Waals surface area contributed by atoms with Gasteiger partial charge in [0.15, 0.2) is 0 Å². The Kier molecular flexibility index (Phi) is 4.54. The van der Waals surface area contributed by atoms with Gasteiger partial charge in [-0.2, -0.15) is 0 Å².